The van der Waals surface area contributed by atoms with Gasteiger partial charge in [0, 0.05) is 43.3 Å². The van der Waals surface area contributed by atoms with Crippen molar-refractivity contribution in [1.82, 2.24) is 15.1 Å². The fourth-order valence-electron chi connectivity index (χ4n) is 2.83. The molecule has 0 unspecified atom stereocenters. The van der Waals surface area contributed by atoms with Crippen LogP contribution in [0.3, 0.4) is 0 Å². The van der Waals surface area contributed by atoms with Crippen molar-refractivity contribution in [1.29, 1.82) is 0 Å². The number of hydrogen-bond donors (Lipinski definition) is 1. The second-order valence-corrected chi connectivity index (χ2v) is 6.84. The largest absolute Gasteiger partial charge is 0.346 e. The van der Waals surface area contributed by atoms with Gasteiger partial charge in [0.05, 0.1) is 0 Å². The van der Waals surface area contributed by atoms with Gasteiger partial charge in [0.1, 0.15) is 0 Å². The topological polar surface area (TPSA) is 35.6 Å². The molecule has 1 aliphatic rings. The van der Waals surface area contributed by atoms with Crippen LogP contribution in [0.15, 0.2) is 54.6 Å². The Morgan fingerprint density at radius 1 is 1.04 bits per heavy atom. The second kappa shape index (κ2) is 8.43. The Morgan fingerprint density at radius 2 is 1.76 bits per heavy atom. The third-order valence-electron chi connectivity index (χ3n) is 4.22. The van der Waals surface area contributed by atoms with Crippen LogP contribution in [0.5, 0.6) is 0 Å². The van der Waals surface area contributed by atoms with E-state index in [0.29, 0.717) is 15.7 Å². The van der Waals surface area contributed by atoms with Gasteiger partial charge in [-0.3, -0.25) is 15.0 Å². The molecule has 4 nitrogen and oxygen atoms in total. The maximum atomic E-state index is 12.3. The minimum absolute atomic E-state index is 0.223. The molecule has 1 fully saturated rings. The number of nitrogens with zero attached hydrogens (tertiary/aromatic N) is 2. The van der Waals surface area contributed by atoms with Crippen LogP contribution in [-0.4, -0.2) is 47.0 Å². The summed E-state index contributed by atoms with van der Waals surface area (Å²) in [4.78, 5) is 16.7. The quantitative estimate of drug-likeness (QED) is 0.838. The lowest BCUT2D eigenvalue weighted by Crippen LogP contribution is -2.52. The number of thiocarbonyl (C=S) groups is 1. The highest BCUT2D eigenvalue weighted by Gasteiger charge is 2.20. The number of piperazine rings is 1. The number of carbonyl (C=O) groups is 1. The molecule has 2 aromatic rings. The summed E-state index contributed by atoms with van der Waals surface area (Å²) in [5.41, 5.74) is 1.82. The monoisotopic (exact) mass is 373 g/mol. The fraction of sp³-hybridized carbons (Fsp3) is 0.263. The van der Waals surface area contributed by atoms with E-state index < -0.39 is 0 Å². The zero-order valence-electron chi connectivity index (χ0n) is 13.8. The van der Waals surface area contributed by atoms with Crippen molar-refractivity contribution >= 4 is 34.8 Å². The standard InChI is InChI=1S/C19H20ClN3OS/c20-17-8-4-7-16(13-17)18(24)21-19(25)23-11-9-22(10-12-23)14-15-5-2-1-3-6-15/h1-8,13H,9-12,14H2,(H,21,24,25). The summed E-state index contributed by atoms with van der Waals surface area (Å²) in [6.45, 7) is 4.39. The minimum Gasteiger partial charge on any atom is -0.346 e. The SMILES string of the molecule is O=C(NC(=S)N1CCN(Cc2ccccc2)CC1)c1cccc(Cl)c1. The summed E-state index contributed by atoms with van der Waals surface area (Å²) in [6.07, 6.45) is 0. The van der Waals surface area contributed by atoms with Crippen LogP contribution >= 0.6 is 23.8 Å². The highest BCUT2D eigenvalue weighted by Crippen LogP contribution is 2.11. The lowest BCUT2D eigenvalue weighted by molar-refractivity contribution is 0.0969. The molecule has 1 aliphatic heterocycles. The summed E-state index contributed by atoms with van der Waals surface area (Å²) < 4.78 is 0. The van der Waals surface area contributed by atoms with Gasteiger partial charge in [0.2, 0.25) is 0 Å². The van der Waals surface area contributed by atoms with Crippen molar-refractivity contribution < 1.29 is 4.79 Å². The van der Waals surface area contributed by atoms with Gasteiger partial charge in [-0.25, -0.2) is 0 Å². The van der Waals surface area contributed by atoms with E-state index in [1.807, 2.05) is 11.0 Å². The van der Waals surface area contributed by atoms with Crippen LogP contribution in [0.1, 0.15) is 15.9 Å². The third-order valence-corrected chi connectivity index (χ3v) is 4.81. The van der Waals surface area contributed by atoms with Crippen LogP contribution in [0.4, 0.5) is 0 Å². The van der Waals surface area contributed by atoms with Gasteiger partial charge >= 0.3 is 0 Å². The summed E-state index contributed by atoms with van der Waals surface area (Å²) in [5.74, 6) is -0.223. The normalized spacial score (nSPS) is 15.0. The van der Waals surface area contributed by atoms with Gasteiger partial charge in [0.15, 0.2) is 5.11 Å². The van der Waals surface area contributed by atoms with Gasteiger partial charge < -0.3 is 4.90 Å². The molecule has 0 aromatic heterocycles. The van der Waals surface area contributed by atoms with Gasteiger partial charge in [-0.05, 0) is 36.0 Å². The van der Waals surface area contributed by atoms with E-state index in [1.165, 1.54) is 5.56 Å². The molecule has 25 heavy (non-hydrogen) atoms. The molecule has 1 saturated heterocycles. The molecule has 1 N–H and O–H groups in total. The van der Waals surface area contributed by atoms with Crippen LogP contribution in [0, 0.1) is 0 Å². The zero-order chi connectivity index (χ0) is 17.6. The number of carbonyl (C=O) groups excluding carboxylic acids is 1. The second-order valence-electron chi connectivity index (χ2n) is 6.02. The smallest absolute Gasteiger partial charge is 0.257 e. The van der Waals surface area contributed by atoms with E-state index in [-0.39, 0.29) is 5.91 Å². The first-order valence-electron chi connectivity index (χ1n) is 8.24. The van der Waals surface area contributed by atoms with Crippen molar-refractivity contribution in [3.63, 3.8) is 0 Å². The number of halogens is 1. The lowest BCUT2D eigenvalue weighted by atomic mass is 10.2. The number of hydrogen-bond acceptors (Lipinski definition) is 3. The molecular weight excluding hydrogens is 354 g/mol. The molecular formula is C19H20ClN3OS. The number of rotatable bonds is 3. The first-order valence-corrected chi connectivity index (χ1v) is 9.02. The Kier molecular flexibility index (Phi) is 6.02. The van der Waals surface area contributed by atoms with Crippen molar-refractivity contribution in [3.05, 3.63) is 70.7 Å². The Bertz CT molecular complexity index is 745. The average Bonchev–Trinajstić information content (AvgIpc) is 2.63. The lowest BCUT2D eigenvalue weighted by Gasteiger charge is -2.36. The molecule has 0 aliphatic carbocycles. The van der Waals surface area contributed by atoms with E-state index in [1.54, 1.807) is 24.3 Å². The molecule has 0 saturated carbocycles. The molecule has 0 atom stereocenters. The highest BCUT2D eigenvalue weighted by atomic mass is 35.5. The molecule has 1 amide bonds. The Balaban J connectivity index is 1.49. The third kappa shape index (κ3) is 5.01. The average molecular weight is 374 g/mol. The Labute approximate surface area is 158 Å². The molecule has 0 spiro atoms. The van der Waals surface area contributed by atoms with Gasteiger partial charge in [-0.2, -0.15) is 0 Å². The number of benzene rings is 2. The van der Waals surface area contributed by atoms with Crippen molar-refractivity contribution in [2.45, 2.75) is 6.54 Å². The van der Waals surface area contributed by atoms with Gasteiger partial charge in [0.25, 0.3) is 5.91 Å². The summed E-state index contributed by atoms with van der Waals surface area (Å²) >= 11 is 11.3. The van der Waals surface area contributed by atoms with Crippen molar-refractivity contribution in [2.24, 2.45) is 0 Å². The predicted molar refractivity (Wildman–Crippen MR) is 105 cm³/mol. The molecule has 0 radical (unpaired) electrons. The highest BCUT2D eigenvalue weighted by molar-refractivity contribution is 7.80. The Hall–Kier alpha value is -1.95. The van der Waals surface area contributed by atoms with E-state index >= 15 is 0 Å². The van der Waals surface area contributed by atoms with E-state index in [9.17, 15) is 4.79 Å². The molecule has 3 rings (SSSR count). The molecule has 1 heterocycles. The van der Waals surface area contributed by atoms with Crippen molar-refractivity contribution in [2.75, 3.05) is 26.2 Å². The van der Waals surface area contributed by atoms with Crippen molar-refractivity contribution in [3.8, 4) is 0 Å². The molecule has 0 bridgehead atoms. The van der Waals surface area contributed by atoms with E-state index in [4.69, 9.17) is 23.8 Å². The zero-order valence-corrected chi connectivity index (χ0v) is 15.4. The minimum atomic E-state index is -0.223. The number of nitrogens with one attached hydrogen (secondary N) is 1. The maximum Gasteiger partial charge on any atom is 0.257 e. The first kappa shape index (κ1) is 17.9. The molecule has 130 valence electrons. The number of amides is 1. The van der Waals surface area contributed by atoms with Crippen LogP contribution in [0.25, 0.3) is 0 Å². The fourth-order valence-corrected chi connectivity index (χ4v) is 3.29. The van der Waals surface area contributed by atoms with Crippen LogP contribution in [0.2, 0.25) is 5.02 Å². The molecule has 6 heteroatoms. The van der Waals surface area contributed by atoms with Crippen LogP contribution < -0.4 is 5.32 Å². The van der Waals surface area contributed by atoms with E-state index in [2.05, 4.69) is 34.5 Å². The summed E-state index contributed by atoms with van der Waals surface area (Å²) in [7, 11) is 0. The maximum absolute atomic E-state index is 12.3. The van der Waals surface area contributed by atoms with Gasteiger partial charge in [-0.15, -0.1) is 0 Å². The predicted octanol–water partition coefficient (Wildman–Crippen LogP) is 3.17. The van der Waals surface area contributed by atoms with Gasteiger partial charge in [-0.1, -0.05) is 48.0 Å². The summed E-state index contributed by atoms with van der Waals surface area (Å²) in [5, 5.41) is 3.81. The van der Waals surface area contributed by atoms with E-state index in [0.717, 1.165) is 32.7 Å². The molecule has 2 aromatic carbocycles. The van der Waals surface area contributed by atoms with Crippen LogP contribution in [-0.2, 0) is 6.54 Å². The Morgan fingerprint density at radius 3 is 2.44 bits per heavy atom. The first-order chi connectivity index (χ1) is 12.1. The summed E-state index contributed by atoms with van der Waals surface area (Å²) in [6, 6.07) is 17.3.